The second kappa shape index (κ2) is 6.18. The predicted octanol–water partition coefficient (Wildman–Crippen LogP) is 3.35. The van der Waals surface area contributed by atoms with Gasteiger partial charge in [-0.1, -0.05) is 57.5 Å². The molecule has 0 spiro atoms. The lowest BCUT2D eigenvalue weighted by molar-refractivity contribution is -0.133. The molecule has 2 heteroatoms. The average Bonchev–Trinajstić information content (AvgIpc) is 2.39. The van der Waals surface area contributed by atoms with Crippen molar-refractivity contribution in [3.63, 3.8) is 0 Å². The Morgan fingerprint density at radius 1 is 1.18 bits per heavy atom. The molecule has 0 aliphatic heterocycles. The van der Waals surface area contributed by atoms with Crippen molar-refractivity contribution in [1.29, 1.82) is 0 Å². The molecule has 1 aromatic rings. The third-order valence-corrected chi connectivity index (χ3v) is 3.75. The highest BCUT2D eigenvalue weighted by atomic mass is 16.5. The lowest BCUT2D eigenvalue weighted by atomic mass is 9.76. The van der Waals surface area contributed by atoms with E-state index in [4.69, 9.17) is 4.74 Å². The van der Waals surface area contributed by atoms with Crippen LogP contribution in [-0.4, -0.2) is 18.3 Å². The summed E-state index contributed by atoms with van der Waals surface area (Å²) in [7, 11) is 1.67. The van der Waals surface area contributed by atoms with Crippen LogP contribution in [0.1, 0.15) is 39.2 Å². The lowest BCUT2D eigenvalue weighted by Crippen LogP contribution is -2.45. The Morgan fingerprint density at radius 3 is 2.18 bits per heavy atom. The summed E-state index contributed by atoms with van der Waals surface area (Å²) in [5.41, 5.74) is 0.0440. The summed E-state index contributed by atoms with van der Waals surface area (Å²) in [5, 5.41) is 11.1. The number of ether oxygens (including phenoxy) is 1. The summed E-state index contributed by atoms with van der Waals surface area (Å²) in [4.78, 5) is 0. The van der Waals surface area contributed by atoms with Gasteiger partial charge in [-0.05, 0) is 17.9 Å². The van der Waals surface area contributed by atoms with Crippen LogP contribution in [0.4, 0.5) is 0 Å². The lowest BCUT2D eigenvalue weighted by Gasteiger charge is -2.40. The van der Waals surface area contributed by atoms with Crippen LogP contribution >= 0.6 is 0 Å². The first-order chi connectivity index (χ1) is 8.11. The highest BCUT2D eigenvalue weighted by Crippen LogP contribution is 2.37. The normalized spacial score (nSPS) is 18.4. The van der Waals surface area contributed by atoms with Gasteiger partial charge in [-0.15, -0.1) is 0 Å². The highest BCUT2D eigenvalue weighted by molar-refractivity contribution is 5.24. The van der Waals surface area contributed by atoms with E-state index < -0.39 is 5.60 Å². The maximum Gasteiger partial charge on any atom is 0.118 e. The van der Waals surface area contributed by atoms with Gasteiger partial charge < -0.3 is 9.84 Å². The monoisotopic (exact) mass is 236 g/mol. The van der Waals surface area contributed by atoms with Crippen LogP contribution in [0, 0.1) is 5.92 Å². The summed E-state index contributed by atoms with van der Waals surface area (Å²) in [5.74, 6) is 0.162. The minimum Gasteiger partial charge on any atom is -0.382 e. The fourth-order valence-corrected chi connectivity index (χ4v) is 2.46. The van der Waals surface area contributed by atoms with E-state index in [0.717, 1.165) is 18.4 Å². The van der Waals surface area contributed by atoms with Crippen LogP contribution in [0.2, 0.25) is 0 Å². The van der Waals surface area contributed by atoms with Gasteiger partial charge in [-0.3, -0.25) is 0 Å². The number of hydrogen-bond acceptors (Lipinski definition) is 2. The van der Waals surface area contributed by atoms with Crippen LogP contribution in [-0.2, 0) is 10.3 Å². The second-order valence-corrected chi connectivity index (χ2v) is 4.63. The largest absolute Gasteiger partial charge is 0.382 e. The van der Waals surface area contributed by atoms with Gasteiger partial charge in [0.25, 0.3) is 0 Å². The number of benzene rings is 1. The number of methoxy groups -OCH3 is 1. The van der Waals surface area contributed by atoms with E-state index >= 15 is 0 Å². The van der Waals surface area contributed by atoms with Crippen molar-refractivity contribution in [2.75, 3.05) is 7.11 Å². The zero-order valence-electron chi connectivity index (χ0n) is 11.3. The molecule has 0 aromatic heterocycles. The van der Waals surface area contributed by atoms with E-state index in [1.165, 1.54) is 0 Å². The van der Waals surface area contributed by atoms with Crippen LogP contribution in [0.5, 0.6) is 0 Å². The first-order valence-corrected chi connectivity index (χ1v) is 6.41. The van der Waals surface area contributed by atoms with Gasteiger partial charge in [0, 0.05) is 7.11 Å². The molecule has 0 fully saturated rings. The zero-order valence-corrected chi connectivity index (χ0v) is 11.3. The van der Waals surface area contributed by atoms with Crippen LogP contribution in [0.15, 0.2) is 30.3 Å². The summed E-state index contributed by atoms with van der Waals surface area (Å²) in [6.45, 7) is 6.22. The van der Waals surface area contributed by atoms with Crippen molar-refractivity contribution < 1.29 is 9.84 Å². The van der Waals surface area contributed by atoms with Gasteiger partial charge in [-0.2, -0.15) is 0 Å². The molecular weight excluding hydrogens is 212 g/mol. The van der Waals surface area contributed by atoms with Crippen molar-refractivity contribution >= 4 is 0 Å². The van der Waals surface area contributed by atoms with Gasteiger partial charge >= 0.3 is 0 Å². The fourth-order valence-electron chi connectivity index (χ4n) is 2.46. The third-order valence-electron chi connectivity index (χ3n) is 3.75. The Labute approximate surface area is 105 Å². The average molecular weight is 236 g/mol. The first kappa shape index (κ1) is 14.2. The van der Waals surface area contributed by atoms with E-state index in [2.05, 4.69) is 13.8 Å². The van der Waals surface area contributed by atoms with Gasteiger partial charge in [0.05, 0.1) is 6.10 Å². The smallest absolute Gasteiger partial charge is 0.118 e. The summed E-state index contributed by atoms with van der Waals surface area (Å²) >= 11 is 0. The number of hydrogen-bond donors (Lipinski definition) is 1. The standard InChI is InChI=1S/C15H24O2/c1-5-12(3)15(16,14(6-2)17-4)13-10-8-7-9-11-13/h7-12,14,16H,5-6H2,1-4H3. The molecule has 0 bridgehead atoms. The van der Waals surface area contributed by atoms with E-state index in [9.17, 15) is 5.11 Å². The molecule has 0 aliphatic rings. The summed E-state index contributed by atoms with van der Waals surface area (Å²) < 4.78 is 5.49. The Morgan fingerprint density at radius 2 is 1.76 bits per heavy atom. The molecule has 1 aromatic carbocycles. The molecule has 96 valence electrons. The van der Waals surface area contributed by atoms with Crippen molar-refractivity contribution in [2.24, 2.45) is 5.92 Å². The van der Waals surface area contributed by atoms with Crippen molar-refractivity contribution in [1.82, 2.24) is 0 Å². The van der Waals surface area contributed by atoms with Gasteiger partial charge in [0.15, 0.2) is 0 Å². The van der Waals surface area contributed by atoms with E-state index in [-0.39, 0.29) is 12.0 Å². The Hall–Kier alpha value is -0.860. The maximum absolute atomic E-state index is 11.1. The van der Waals surface area contributed by atoms with Crippen molar-refractivity contribution in [3.8, 4) is 0 Å². The van der Waals surface area contributed by atoms with Gasteiger partial charge in [0.1, 0.15) is 5.60 Å². The van der Waals surface area contributed by atoms with Crippen LogP contribution in [0.25, 0.3) is 0 Å². The number of aliphatic hydroxyl groups is 1. The van der Waals surface area contributed by atoms with Gasteiger partial charge in [-0.25, -0.2) is 0 Å². The first-order valence-electron chi connectivity index (χ1n) is 6.41. The number of rotatable bonds is 6. The molecule has 1 rings (SSSR count). The molecule has 2 nitrogen and oxygen atoms in total. The Balaban J connectivity index is 3.19. The molecule has 1 N–H and O–H groups in total. The second-order valence-electron chi connectivity index (χ2n) is 4.63. The fraction of sp³-hybridized carbons (Fsp3) is 0.600. The van der Waals surface area contributed by atoms with Crippen molar-refractivity contribution in [3.05, 3.63) is 35.9 Å². The van der Waals surface area contributed by atoms with E-state index in [1.807, 2.05) is 37.3 Å². The van der Waals surface area contributed by atoms with E-state index in [0.29, 0.717) is 0 Å². The Kier molecular flexibility index (Phi) is 5.16. The minimum absolute atomic E-state index is 0.162. The molecule has 0 saturated heterocycles. The highest BCUT2D eigenvalue weighted by Gasteiger charge is 2.41. The molecule has 3 atom stereocenters. The van der Waals surface area contributed by atoms with Gasteiger partial charge in [0.2, 0.25) is 0 Å². The minimum atomic E-state index is -0.903. The molecule has 17 heavy (non-hydrogen) atoms. The predicted molar refractivity (Wildman–Crippen MR) is 70.9 cm³/mol. The van der Waals surface area contributed by atoms with E-state index in [1.54, 1.807) is 7.11 Å². The topological polar surface area (TPSA) is 29.5 Å². The van der Waals surface area contributed by atoms with Crippen LogP contribution < -0.4 is 0 Å². The summed E-state index contributed by atoms with van der Waals surface area (Å²) in [6.07, 6.45) is 1.55. The quantitative estimate of drug-likeness (QED) is 0.820. The molecule has 0 aliphatic carbocycles. The molecule has 0 amide bonds. The Bertz CT molecular complexity index is 319. The molecule has 0 radical (unpaired) electrons. The molecule has 0 heterocycles. The summed E-state index contributed by atoms with van der Waals surface area (Å²) in [6, 6.07) is 9.85. The molecular formula is C15H24O2. The van der Waals surface area contributed by atoms with Crippen molar-refractivity contribution in [2.45, 2.75) is 45.3 Å². The SMILES string of the molecule is CCC(C)C(O)(c1ccccc1)C(CC)OC. The molecule has 3 unspecified atom stereocenters. The third kappa shape index (κ3) is 2.70. The maximum atomic E-state index is 11.1. The molecule has 0 saturated carbocycles. The zero-order chi connectivity index (χ0) is 12.9. The van der Waals surface area contributed by atoms with Crippen LogP contribution in [0.3, 0.4) is 0 Å².